The fourth-order valence-electron chi connectivity index (χ4n) is 1.51. The van der Waals surface area contributed by atoms with Crippen LogP contribution in [0.25, 0.3) is 10.1 Å². The summed E-state index contributed by atoms with van der Waals surface area (Å²) >= 11 is 1.38. The zero-order valence-electron chi connectivity index (χ0n) is 9.32. The number of esters is 1. The van der Waals surface area contributed by atoms with Gasteiger partial charge in [0.1, 0.15) is 10.7 Å². The van der Waals surface area contributed by atoms with E-state index in [0.717, 1.165) is 10.1 Å². The Morgan fingerprint density at radius 2 is 2.24 bits per heavy atom. The third kappa shape index (κ3) is 2.29. The van der Waals surface area contributed by atoms with Gasteiger partial charge in [0, 0.05) is 10.3 Å². The van der Waals surface area contributed by atoms with E-state index in [-0.39, 0.29) is 11.8 Å². The van der Waals surface area contributed by atoms with E-state index in [1.165, 1.54) is 11.3 Å². The number of amidine groups is 1. The molecule has 0 radical (unpaired) electrons. The number of hydrogen-bond donors (Lipinski definition) is 2. The third-order valence-corrected chi connectivity index (χ3v) is 3.40. The van der Waals surface area contributed by atoms with Crippen molar-refractivity contribution in [2.45, 2.75) is 6.92 Å². The zero-order chi connectivity index (χ0) is 12.4. The predicted molar refractivity (Wildman–Crippen MR) is 68.8 cm³/mol. The largest absolute Gasteiger partial charge is 0.462 e. The first kappa shape index (κ1) is 11.6. The molecule has 88 valence electrons. The average Bonchev–Trinajstić information content (AvgIpc) is 2.71. The summed E-state index contributed by atoms with van der Waals surface area (Å²) in [6.45, 7) is 2.14. The minimum atomic E-state index is -0.307. The summed E-state index contributed by atoms with van der Waals surface area (Å²) in [6, 6.07) is 7.21. The first-order valence-electron chi connectivity index (χ1n) is 5.17. The minimum Gasteiger partial charge on any atom is -0.462 e. The zero-order valence-corrected chi connectivity index (χ0v) is 10.1. The molecule has 3 N–H and O–H groups in total. The molecule has 0 saturated heterocycles. The van der Waals surface area contributed by atoms with Crippen molar-refractivity contribution in [3.63, 3.8) is 0 Å². The molecule has 0 atom stereocenters. The van der Waals surface area contributed by atoms with Crippen LogP contribution in [-0.2, 0) is 4.74 Å². The van der Waals surface area contributed by atoms with E-state index >= 15 is 0 Å². The van der Waals surface area contributed by atoms with Gasteiger partial charge in [0.15, 0.2) is 0 Å². The van der Waals surface area contributed by atoms with Gasteiger partial charge in [-0.05, 0) is 36.6 Å². The number of hydrogen-bond acceptors (Lipinski definition) is 4. The number of nitrogen functional groups attached to an aromatic ring is 1. The summed E-state index contributed by atoms with van der Waals surface area (Å²) in [4.78, 5) is 12.1. The first-order valence-corrected chi connectivity index (χ1v) is 5.98. The number of ether oxygens (including phenoxy) is 1. The lowest BCUT2D eigenvalue weighted by atomic mass is 10.1. The Bertz CT molecular complexity index is 589. The minimum absolute atomic E-state index is 0.0239. The molecule has 2 rings (SSSR count). The average molecular weight is 248 g/mol. The van der Waals surface area contributed by atoms with E-state index in [2.05, 4.69) is 0 Å². The fraction of sp³-hybridized carbons (Fsp3) is 0.167. The van der Waals surface area contributed by atoms with Crippen molar-refractivity contribution in [1.82, 2.24) is 0 Å². The Kier molecular flexibility index (Phi) is 3.10. The fourth-order valence-corrected chi connectivity index (χ4v) is 2.45. The van der Waals surface area contributed by atoms with Crippen LogP contribution in [0.3, 0.4) is 0 Å². The second-order valence-electron chi connectivity index (χ2n) is 3.50. The molecular weight excluding hydrogens is 236 g/mol. The number of nitrogens with one attached hydrogen (secondary N) is 1. The van der Waals surface area contributed by atoms with E-state index < -0.39 is 0 Å². The number of carbonyl (C=O) groups is 1. The van der Waals surface area contributed by atoms with Gasteiger partial charge >= 0.3 is 5.97 Å². The molecule has 4 nitrogen and oxygen atoms in total. The van der Waals surface area contributed by atoms with E-state index in [1.54, 1.807) is 25.1 Å². The van der Waals surface area contributed by atoms with Gasteiger partial charge in [-0.3, -0.25) is 5.41 Å². The smallest absolute Gasteiger partial charge is 0.348 e. The topological polar surface area (TPSA) is 76.2 Å². The van der Waals surface area contributed by atoms with Crippen molar-refractivity contribution in [2.24, 2.45) is 5.73 Å². The van der Waals surface area contributed by atoms with Crippen LogP contribution < -0.4 is 5.73 Å². The maximum Gasteiger partial charge on any atom is 0.348 e. The SMILES string of the molecule is CCOC(=O)c1cc2cc(C(=N)N)ccc2s1. The van der Waals surface area contributed by atoms with Crippen LogP contribution in [0.2, 0.25) is 0 Å². The van der Waals surface area contributed by atoms with Crippen molar-refractivity contribution < 1.29 is 9.53 Å². The molecule has 1 aromatic heterocycles. The predicted octanol–water partition coefficient (Wildman–Crippen LogP) is 2.36. The van der Waals surface area contributed by atoms with E-state index in [0.29, 0.717) is 17.0 Å². The summed E-state index contributed by atoms with van der Waals surface area (Å²) in [5.41, 5.74) is 6.07. The van der Waals surface area contributed by atoms with E-state index in [9.17, 15) is 4.79 Å². The summed E-state index contributed by atoms with van der Waals surface area (Å²) in [5, 5.41) is 8.27. The Morgan fingerprint density at radius 1 is 1.47 bits per heavy atom. The van der Waals surface area contributed by atoms with Gasteiger partial charge in [0.25, 0.3) is 0 Å². The van der Waals surface area contributed by atoms with Gasteiger partial charge in [-0.1, -0.05) is 0 Å². The van der Waals surface area contributed by atoms with Crippen LogP contribution in [0, 0.1) is 5.41 Å². The Hall–Kier alpha value is -1.88. The van der Waals surface area contributed by atoms with Crippen LogP contribution in [0.5, 0.6) is 0 Å². The van der Waals surface area contributed by atoms with Crippen LogP contribution in [0.4, 0.5) is 0 Å². The lowest BCUT2D eigenvalue weighted by Crippen LogP contribution is -2.10. The molecule has 0 aliphatic rings. The summed E-state index contributed by atoms with van der Waals surface area (Å²) < 4.78 is 5.92. The Labute approximate surface area is 103 Å². The maximum atomic E-state index is 11.6. The lowest BCUT2D eigenvalue weighted by Gasteiger charge is -1.96. The van der Waals surface area contributed by atoms with Gasteiger partial charge in [0.05, 0.1) is 6.61 Å². The lowest BCUT2D eigenvalue weighted by molar-refractivity contribution is 0.0532. The number of nitrogens with two attached hydrogens (primary N) is 1. The van der Waals surface area contributed by atoms with Crippen molar-refractivity contribution in [3.05, 3.63) is 34.7 Å². The van der Waals surface area contributed by atoms with Gasteiger partial charge in [-0.15, -0.1) is 11.3 Å². The van der Waals surface area contributed by atoms with Crippen molar-refractivity contribution in [2.75, 3.05) is 6.61 Å². The highest BCUT2D eigenvalue weighted by atomic mass is 32.1. The van der Waals surface area contributed by atoms with Gasteiger partial charge in [-0.2, -0.15) is 0 Å². The molecule has 2 aromatic rings. The second kappa shape index (κ2) is 4.55. The summed E-state index contributed by atoms with van der Waals surface area (Å²) in [6.07, 6.45) is 0. The highest BCUT2D eigenvalue weighted by molar-refractivity contribution is 7.20. The normalized spacial score (nSPS) is 10.4. The number of benzene rings is 1. The number of thiophene rings is 1. The highest BCUT2D eigenvalue weighted by Gasteiger charge is 2.11. The monoisotopic (exact) mass is 248 g/mol. The quantitative estimate of drug-likeness (QED) is 0.497. The number of fused-ring (bicyclic) bond motifs is 1. The van der Waals surface area contributed by atoms with E-state index in [1.807, 2.05) is 6.07 Å². The molecule has 0 amide bonds. The van der Waals surface area contributed by atoms with Gasteiger partial charge in [0.2, 0.25) is 0 Å². The van der Waals surface area contributed by atoms with E-state index in [4.69, 9.17) is 15.9 Å². The maximum absolute atomic E-state index is 11.6. The molecule has 1 heterocycles. The Morgan fingerprint density at radius 3 is 2.88 bits per heavy atom. The van der Waals surface area contributed by atoms with Gasteiger partial charge < -0.3 is 10.5 Å². The molecule has 0 saturated carbocycles. The molecule has 0 aliphatic carbocycles. The summed E-state index contributed by atoms with van der Waals surface area (Å²) in [7, 11) is 0. The number of carbonyl (C=O) groups excluding carboxylic acids is 1. The molecule has 0 fully saturated rings. The van der Waals surface area contributed by atoms with Crippen LogP contribution in [0.1, 0.15) is 22.2 Å². The van der Waals surface area contributed by atoms with Crippen LogP contribution in [0.15, 0.2) is 24.3 Å². The van der Waals surface area contributed by atoms with Gasteiger partial charge in [-0.25, -0.2) is 4.79 Å². The highest BCUT2D eigenvalue weighted by Crippen LogP contribution is 2.27. The van der Waals surface area contributed by atoms with Crippen molar-refractivity contribution in [3.8, 4) is 0 Å². The van der Waals surface area contributed by atoms with Crippen LogP contribution in [-0.4, -0.2) is 18.4 Å². The first-order chi connectivity index (χ1) is 8.11. The molecule has 5 heteroatoms. The molecular formula is C12H12N2O2S. The van der Waals surface area contributed by atoms with Crippen molar-refractivity contribution >= 4 is 33.2 Å². The van der Waals surface area contributed by atoms with Crippen LogP contribution >= 0.6 is 11.3 Å². The number of rotatable bonds is 3. The molecule has 0 spiro atoms. The molecule has 0 bridgehead atoms. The Balaban J connectivity index is 2.43. The standard InChI is InChI=1S/C12H12N2O2S/c1-2-16-12(15)10-6-8-5-7(11(13)14)3-4-9(8)17-10/h3-6H,2H2,1H3,(H3,13,14). The summed E-state index contributed by atoms with van der Waals surface area (Å²) in [5.74, 6) is -0.283. The molecule has 0 aliphatic heterocycles. The molecule has 1 aromatic carbocycles. The third-order valence-electron chi connectivity index (χ3n) is 2.30. The molecule has 17 heavy (non-hydrogen) atoms. The van der Waals surface area contributed by atoms with Crippen molar-refractivity contribution in [1.29, 1.82) is 5.41 Å². The second-order valence-corrected chi connectivity index (χ2v) is 4.58. The molecule has 0 unspecified atom stereocenters.